The average Bonchev–Trinajstić information content (AvgIpc) is 2.21. The highest BCUT2D eigenvalue weighted by Crippen LogP contribution is 2.38. The summed E-state index contributed by atoms with van der Waals surface area (Å²) in [5.41, 5.74) is 0.220. The summed E-state index contributed by atoms with van der Waals surface area (Å²) >= 11 is 0. The lowest BCUT2D eigenvalue weighted by molar-refractivity contribution is 0.0909. The van der Waals surface area contributed by atoms with E-state index < -0.39 is 0 Å². The van der Waals surface area contributed by atoms with Crippen LogP contribution in [0.4, 0.5) is 0 Å². The molecule has 1 aliphatic rings. The van der Waals surface area contributed by atoms with Crippen LogP contribution in [-0.4, -0.2) is 23.8 Å². The molecule has 0 bridgehead atoms. The molecule has 0 radical (unpaired) electrons. The van der Waals surface area contributed by atoms with Crippen LogP contribution in [0.15, 0.2) is 0 Å². The summed E-state index contributed by atoms with van der Waals surface area (Å²) < 4.78 is 0. The second-order valence-electron chi connectivity index (χ2n) is 5.34. The van der Waals surface area contributed by atoms with E-state index in [0.29, 0.717) is 12.5 Å². The summed E-state index contributed by atoms with van der Waals surface area (Å²) in [6.07, 6.45) is 5.93. The zero-order chi connectivity index (χ0) is 11.3. The predicted octanol–water partition coefficient (Wildman–Crippen LogP) is 2.56. The Hall–Kier alpha value is -0.0800. The first-order valence-corrected chi connectivity index (χ1v) is 6.50. The SMILES string of the molecule is CCCNC1(CCO)CCC(C)CC1C. The van der Waals surface area contributed by atoms with Gasteiger partial charge in [0, 0.05) is 12.1 Å². The van der Waals surface area contributed by atoms with Crippen molar-refractivity contribution in [1.82, 2.24) is 5.32 Å². The summed E-state index contributed by atoms with van der Waals surface area (Å²) in [6, 6.07) is 0. The molecule has 0 aromatic carbocycles. The smallest absolute Gasteiger partial charge is 0.0448 e. The third-order valence-corrected chi connectivity index (χ3v) is 4.07. The maximum atomic E-state index is 9.23. The van der Waals surface area contributed by atoms with Gasteiger partial charge in [-0.15, -0.1) is 0 Å². The van der Waals surface area contributed by atoms with Crippen LogP contribution in [0, 0.1) is 11.8 Å². The molecule has 1 rings (SSSR count). The van der Waals surface area contributed by atoms with Crippen molar-refractivity contribution in [2.75, 3.05) is 13.2 Å². The predicted molar refractivity (Wildman–Crippen MR) is 64.9 cm³/mol. The number of aliphatic hydroxyl groups excluding tert-OH is 1. The number of nitrogens with one attached hydrogen (secondary N) is 1. The molecule has 0 aromatic heterocycles. The molecule has 2 N–H and O–H groups in total. The maximum Gasteiger partial charge on any atom is 0.0448 e. The second-order valence-corrected chi connectivity index (χ2v) is 5.34. The summed E-state index contributed by atoms with van der Waals surface area (Å²) in [5, 5.41) is 12.9. The van der Waals surface area contributed by atoms with E-state index in [0.717, 1.165) is 18.9 Å². The number of rotatable bonds is 5. The molecule has 2 heteroatoms. The molecule has 0 heterocycles. The Bertz CT molecular complexity index is 179. The van der Waals surface area contributed by atoms with Gasteiger partial charge in [-0.2, -0.15) is 0 Å². The normalized spacial score (nSPS) is 36.8. The lowest BCUT2D eigenvalue weighted by Gasteiger charge is -2.45. The van der Waals surface area contributed by atoms with Gasteiger partial charge in [0.05, 0.1) is 0 Å². The standard InChI is InChI=1S/C13H27NO/c1-4-8-14-13(7-9-15)6-5-11(2)10-12(13)3/h11-12,14-15H,4-10H2,1-3H3. The summed E-state index contributed by atoms with van der Waals surface area (Å²) in [7, 11) is 0. The third kappa shape index (κ3) is 3.18. The minimum atomic E-state index is 0.220. The highest BCUT2D eigenvalue weighted by atomic mass is 16.3. The van der Waals surface area contributed by atoms with Crippen LogP contribution in [0.5, 0.6) is 0 Å². The molecule has 1 aliphatic carbocycles. The molecular weight excluding hydrogens is 186 g/mol. The average molecular weight is 213 g/mol. The van der Waals surface area contributed by atoms with Crippen LogP contribution >= 0.6 is 0 Å². The van der Waals surface area contributed by atoms with Gasteiger partial charge in [-0.05, 0) is 50.5 Å². The number of hydrogen-bond acceptors (Lipinski definition) is 2. The van der Waals surface area contributed by atoms with Gasteiger partial charge >= 0.3 is 0 Å². The molecular formula is C13H27NO. The lowest BCUT2D eigenvalue weighted by Crippen LogP contribution is -2.54. The van der Waals surface area contributed by atoms with Crippen molar-refractivity contribution in [3.05, 3.63) is 0 Å². The molecule has 3 atom stereocenters. The van der Waals surface area contributed by atoms with Gasteiger partial charge in [0.1, 0.15) is 0 Å². The minimum absolute atomic E-state index is 0.220. The largest absolute Gasteiger partial charge is 0.396 e. The molecule has 2 nitrogen and oxygen atoms in total. The molecule has 15 heavy (non-hydrogen) atoms. The van der Waals surface area contributed by atoms with Crippen molar-refractivity contribution in [3.8, 4) is 0 Å². The molecule has 0 spiro atoms. The molecule has 0 saturated heterocycles. The Kier molecular flexibility index (Phi) is 5.07. The highest BCUT2D eigenvalue weighted by Gasteiger charge is 2.38. The van der Waals surface area contributed by atoms with Crippen LogP contribution < -0.4 is 5.32 Å². The van der Waals surface area contributed by atoms with Crippen molar-refractivity contribution in [1.29, 1.82) is 0 Å². The van der Waals surface area contributed by atoms with Gasteiger partial charge < -0.3 is 10.4 Å². The zero-order valence-electron chi connectivity index (χ0n) is 10.6. The van der Waals surface area contributed by atoms with Crippen molar-refractivity contribution >= 4 is 0 Å². The fraction of sp³-hybridized carbons (Fsp3) is 1.00. The van der Waals surface area contributed by atoms with Gasteiger partial charge in [0.25, 0.3) is 0 Å². The molecule has 1 fully saturated rings. The van der Waals surface area contributed by atoms with E-state index in [1.165, 1.54) is 25.7 Å². The lowest BCUT2D eigenvalue weighted by atomic mass is 9.68. The number of aliphatic hydroxyl groups is 1. The topological polar surface area (TPSA) is 32.3 Å². The van der Waals surface area contributed by atoms with Gasteiger partial charge in [-0.1, -0.05) is 20.8 Å². The van der Waals surface area contributed by atoms with E-state index in [2.05, 4.69) is 26.1 Å². The van der Waals surface area contributed by atoms with Crippen molar-refractivity contribution < 1.29 is 5.11 Å². The molecule has 0 amide bonds. The van der Waals surface area contributed by atoms with E-state index in [9.17, 15) is 5.11 Å². The first-order chi connectivity index (χ1) is 7.14. The van der Waals surface area contributed by atoms with Crippen molar-refractivity contribution in [3.63, 3.8) is 0 Å². The molecule has 0 aromatic rings. The van der Waals surface area contributed by atoms with Gasteiger partial charge in [0.15, 0.2) is 0 Å². The zero-order valence-corrected chi connectivity index (χ0v) is 10.6. The van der Waals surface area contributed by atoms with Crippen LogP contribution in [0.3, 0.4) is 0 Å². The van der Waals surface area contributed by atoms with Crippen LogP contribution in [0.1, 0.15) is 52.9 Å². The van der Waals surface area contributed by atoms with E-state index in [4.69, 9.17) is 0 Å². The fourth-order valence-electron chi connectivity index (χ4n) is 2.99. The fourth-order valence-corrected chi connectivity index (χ4v) is 2.99. The summed E-state index contributed by atoms with van der Waals surface area (Å²) in [4.78, 5) is 0. The molecule has 3 unspecified atom stereocenters. The van der Waals surface area contributed by atoms with Gasteiger partial charge in [-0.25, -0.2) is 0 Å². The van der Waals surface area contributed by atoms with E-state index in [-0.39, 0.29) is 5.54 Å². The maximum absolute atomic E-state index is 9.23. The van der Waals surface area contributed by atoms with E-state index >= 15 is 0 Å². The summed E-state index contributed by atoms with van der Waals surface area (Å²) in [6.45, 7) is 8.29. The Labute approximate surface area is 94.5 Å². The Morgan fingerprint density at radius 1 is 1.40 bits per heavy atom. The molecule has 0 aliphatic heterocycles. The third-order valence-electron chi connectivity index (χ3n) is 4.07. The van der Waals surface area contributed by atoms with Gasteiger partial charge in [-0.3, -0.25) is 0 Å². The Balaban J connectivity index is 2.61. The number of hydrogen-bond donors (Lipinski definition) is 2. The van der Waals surface area contributed by atoms with E-state index in [1.807, 2.05) is 0 Å². The van der Waals surface area contributed by atoms with Crippen LogP contribution in [0.25, 0.3) is 0 Å². The first-order valence-electron chi connectivity index (χ1n) is 6.50. The Morgan fingerprint density at radius 3 is 2.67 bits per heavy atom. The van der Waals surface area contributed by atoms with Crippen molar-refractivity contribution in [2.24, 2.45) is 11.8 Å². The minimum Gasteiger partial charge on any atom is -0.396 e. The second kappa shape index (κ2) is 5.86. The quantitative estimate of drug-likeness (QED) is 0.735. The first kappa shape index (κ1) is 13.0. The Morgan fingerprint density at radius 2 is 2.13 bits per heavy atom. The van der Waals surface area contributed by atoms with Crippen molar-refractivity contribution in [2.45, 2.75) is 58.4 Å². The highest BCUT2D eigenvalue weighted by molar-refractivity contribution is 4.96. The van der Waals surface area contributed by atoms with Crippen LogP contribution in [-0.2, 0) is 0 Å². The molecule has 90 valence electrons. The van der Waals surface area contributed by atoms with E-state index in [1.54, 1.807) is 0 Å². The molecule has 1 saturated carbocycles. The monoisotopic (exact) mass is 213 g/mol. The van der Waals surface area contributed by atoms with Gasteiger partial charge in [0.2, 0.25) is 0 Å². The summed E-state index contributed by atoms with van der Waals surface area (Å²) in [5.74, 6) is 1.55. The van der Waals surface area contributed by atoms with Crippen LogP contribution in [0.2, 0.25) is 0 Å².